The molecule has 1 saturated heterocycles. The fourth-order valence-corrected chi connectivity index (χ4v) is 1.80. The van der Waals surface area contributed by atoms with Gasteiger partial charge in [-0.05, 0) is 26.4 Å². The molecule has 0 saturated carbocycles. The van der Waals surface area contributed by atoms with E-state index in [2.05, 4.69) is 23.2 Å². The minimum absolute atomic E-state index is 0.691. The molecule has 0 aliphatic carbocycles. The van der Waals surface area contributed by atoms with Crippen molar-refractivity contribution in [2.45, 2.75) is 31.7 Å². The largest absolute Gasteiger partial charge is 0.313 e. The van der Waals surface area contributed by atoms with Crippen LogP contribution in [0.2, 0.25) is 0 Å². The fraction of sp³-hybridized carbons (Fsp3) is 0.818. The van der Waals surface area contributed by atoms with Crippen molar-refractivity contribution in [1.29, 1.82) is 0 Å². The van der Waals surface area contributed by atoms with E-state index in [0.29, 0.717) is 6.04 Å². The van der Waals surface area contributed by atoms with Gasteiger partial charge in [0.05, 0.1) is 0 Å². The van der Waals surface area contributed by atoms with Crippen molar-refractivity contribution < 1.29 is 0 Å². The topological polar surface area (TPSA) is 15.3 Å². The van der Waals surface area contributed by atoms with Crippen molar-refractivity contribution in [3.05, 3.63) is 0 Å². The number of nitrogens with zero attached hydrogens (tertiary/aromatic N) is 1. The van der Waals surface area contributed by atoms with Gasteiger partial charge in [0.1, 0.15) is 0 Å². The zero-order valence-electron chi connectivity index (χ0n) is 8.55. The molecule has 0 aromatic carbocycles. The molecular weight excluding hydrogens is 160 g/mol. The zero-order chi connectivity index (χ0) is 9.52. The summed E-state index contributed by atoms with van der Waals surface area (Å²) in [6.45, 7) is 3.35. The maximum absolute atomic E-state index is 5.22. The van der Waals surface area contributed by atoms with Crippen LogP contribution in [0.1, 0.15) is 25.7 Å². The Morgan fingerprint density at radius 2 is 2.38 bits per heavy atom. The Morgan fingerprint density at radius 3 is 3.00 bits per heavy atom. The van der Waals surface area contributed by atoms with Crippen molar-refractivity contribution >= 4 is 0 Å². The van der Waals surface area contributed by atoms with E-state index in [9.17, 15) is 0 Å². The summed E-state index contributed by atoms with van der Waals surface area (Å²) < 4.78 is 0. The molecule has 1 N–H and O–H groups in total. The van der Waals surface area contributed by atoms with Crippen molar-refractivity contribution in [2.24, 2.45) is 0 Å². The Labute approximate surface area is 81.7 Å². The first-order valence-corrected chi connectivity index (χ1v) is 5.18. The van der Waals surface area contributed by atoms with Gasteiger partial charge in [-0.2, -0.15) is 0 Å². The van der Waals surface area contributed by atoms with Crippen LogP contribution in [-0.2, 0) is 0 Å². The average molecular weight is 180 g/mol. The van der Waals surface area contributed by atoms with Gasteiger partial charge >= 0.3 is 0 Å². The lowest BCUT2D eigenvalue weighted by atomic mass is 10.0. The lowest BCUT2D eigenvalue weighted by Crippen LogP contribution is -2.42. The van der Waals surface area contributed by atoms with E-state index in [1.54, 1.807) is 0 Å². The van der Waals surface area contributed by atoms with Crippen LogP contribution in [0.5, 0.6) is 0 Å². The van der Waals surface area contributed by atoms with Crippen LogP contribution in [0.4, 0.5) is 0 Å². The maximum Gasteiger partial charge on any atom is 0.0214 e. The number of hydrogen-bond donors (Lipinski definition) is 1. The molecule has 74 valence electrons. The van der Waals surface area contributed by atoms with E-state index < -0.39 is 0 Å². The highest BCUT2D eigenvalue weighted by molar-refractivity contribution is 4.85. The third-order valence-electron chi connectivity index (χ3n) is 2.58. The summed E-state index contributed by atoms with van der Waals surface area (Å²) in [5.41, 5.74) is 0. The summed E-state index contributed by atoms with van der Waals surface area (Å²) in [5.74, 6) is 2.67. The summed E-state index contributed by atoms with van der Waals surface area (Å²) in [6.07, 6.45) is 10.1. The van der Waals surface area contributed by atoms with Crippen LogP contribution in [0.3, 0.4) is 0 Å². The third-order valence-corrected chi connectivity index (χ3v) is 2.58. The van der Waals surface area contributed by atoms with Crippen molar-refractivity contribution in [2.75, 3.05) is 26.7 Å². The molecule has 1 heterocycles. The lowest BCUT2D eigenvalue weighted by molar-refractivity contribution is 0.266. The van der Waals surface area contributed by atoms with Crippen LogP contribution in [0.25, 0.3) is 0 Å². The highest BCUT2D eigenvalue weighted by atomic mass is 15.1. The monoisotopic (exact) mass is 180 g/mol. The van der Waals surface area contributed by atoms with E-state index >= 15 is 0 Å². The number of rotatable bonds is 4. The zero-order valence-corrected chi connectivity index (χ0v) is 8.55. The molecule has 2 heteroatoms. The van der Waals surface area contributed by atoms with Gasteiger partial charge in [0.15, 0.2) is 0 Å². The summed E-state index contributed by atoms with van der Waals surface area (Å²) in [6, 6.07) is 0.691. The van der Waals surface area contributed by atoms with Gasteiger partial charge in [0.25, 0.3) is 0 Å². The molecule has 1 atom stereocenters. The smallest absolute Gasteiger partial charge is 0.0214 e. The molecule has 0 amide bonds. The summed E-state index contributed by atoms with van der Waals surface area (Å²) in [5, 5.41) is 3.53. The number of likely N-dealkylation sites (N-methyl/N-ethyl adjacent to an activating group) is 1. The van der Waals surface area contributed by atoms with Crippen molar-refractivity contribution in [3.8, 4) is 12.3 Å². The van der Waals surface area contributed by atoms with Crippen LogP contribution in [-0.4, -0.2) is 37.6 Å². The molecule has 1 aliphatic heterocycles. The van der Waals surface area contributed by atoms with Crippen LogP contribution < -0.4 is 5.32 Å². The molecule has 1 rings (SSSR count). The molecule has 0 aromatic rings. The second-order valence-corrected chi connectivity index (χ2v) is 3.86. The molecule has 0 spiro atoms. The van der Waals surface area contributed by atoms with E-state index in [1.807, 2.05) is 0 Å². The Kier molecular flexibility index (Phi) is 4.88. The van der Waals surface area contributed by atoms with Gasteiger partial charge in [0.2, 0.25) is 0 Å². The minimum Gasteiger partial charge on any atom is -0.313 e. The Hall–Kier alpha value is -0.520. The highest BCUT2D eigenvalue weighted by Gasteiger charge is 2.13. The Bertz CT molecular complexity index is 165. The first kappa shape index (κ1) is 10.6. The number of piperidine rings is 1. The molecular formula is C11H20N2. The van der Waals surface area contributed by atoms with Gasteiger partial charge in [-0.15, -0.1) is 12.3 Å². The first-order valence-electron chi connectivity index (χ1n) is 5.18. The molecule has 2 nitrogen and oxygen atoms in total. The van der Waals surface area contributed by atoms with Gasteiger partial charge in [-0.3, -0.25) is 0 Å². The minimum atomic E-state index is 0.691. The summed E-state index contributed by atoms with van der Waals surface area (Å²) >= 11 is 0. The molecule has 1 fully saturated rings. The normalized spacial score (nSPS) is 23.0. The van der Waals surface area contributed by atoms with E-state index in [1.165, 1.54) is 25.8 Å². The van der Waals surface area contributed by atoms with Gasteiger partial charge < -0.3 is 10.2 Å². The molecule has 1 aliphatic rings. The fourth-order valence-electron chi connectivity index (χ4n) is 1.80. The third kappa shape index (κ3) is 4.31. The molecule has 0 radical (unpaired) electrons. The molecule has 0 bridgehead atoms. The quantitative estimate of drug-likeness (QED) is 0.651. The second-order valence-electron chi connectivity index (χ2n) is 3.86. The average Bonchev–Trinajstić information content (AvgIpc) is 2.16. The first-order chi connectivity index (χ1) is 6.33. The summed E-state index contributed by atoms with van der Waals surface area (Å²) in [4.78, 5) is 2.32. The predicted molar refractivity (Wildman–Crippen MR) is 56.6 cm³/mol. The van der Waals surface area contributed by atoms with E-state index in [0.717, 1.165) is 19.5 Å². The molecule has 0 aromatic heterocycles. The molecule has 13 heavy (non-hydrogen) atoms. The predicted octanol–water partition coefficient (Wildman–Crippen LogP) is 1.08. The van der Waals surface area contributed by atoms with Crippen molar-refractivity contribution in [3.63, 3.8) is 0 Å². The standard InChI is InChI=1S/C11H20N2/c1-3-4-9-13(2)10-11-7-5-6-8-12-11/h1,11-12H,4-10H2,2H3. The Balaban J connectivity index is 2.11. The van der Waals surface area contributed by atoms with Crippen LogP contribution in [0, 0.1) is 12.3 Å². The van der Waals surface area contributed by atoms with E-state index in [-0.39, 0.29) is 0 Å². The van der Waals surface area contributed by atoms with Crippen molar-refractivity contribution in [1.82, 2.24) is 10.2 Å². The van der Waals surface area contributed by atoms with Gasteiger partial charge in [-0.25, -0.2) is 0 Å². The van der Waals surface area contributed by atoms with Crippen LogP contribution >= 0.6 is 0 Å². The Morgan fingerprint density at radius 1 is 1.54 bits per heavy atom. The number of nitrogens with one attached hydrogen (secondary N) is 1. The lowest BCUT2D eigenvalue weighted by Gasteiger charge is -2.27. The number of hydrogen-bond acceptors (Lipinski definition) is 2. The van der Waals surface area contributed by atoms with Gasteiger partial charge in [-0.1, -0.05) is 6.42 Å². The van der Waals surface area contributed by atoms with E-state index in [4.69, 9.17) is 6.42 Å². The van der Waals surface area contributed by atoms with Gasteiger partial charge in [0, 0.05) is 25.6 Å². The maximum atomic E-state index is 5.22. The summed E-state index contributed by atoms with van der Waals surface area (Å²) in [7, 11) is 2.15. The second kappa shape index (κ2) is 6.01. The SMILES string of the molecule is C#CCCN(C)CC1CCCCN1. The highest BCUT2D eigenvalue weighted by Crippen LogP contribution is 2.07. The molecule has 1 unspecified atom stereocenters. The van der Waals surface area contributed by atoms with Crippen LogP contribution in [0.15, 0.2) is 0 Å². The number of terminal acetylenes is 1.